The fourth-order valence-electron chi connectivity index (χ4n) is 3.79. The molecular formula is C23H23NO6S. The van der Waals surface area contributed by atoms with Gasteiger partial charge in [0, 0.05) is 17.0 Å². The highest BCUT2D eigenvalue weighted by molar-refractivity contribution is 7.89. The third-order valence-corrected chi connectivity index (χ3v) is 6.97. The number of nitrogens with one attached hydrogen (secondary N) is 1. The first kappa shape index (κ1) is 21.3. The molecule has 1 heterocycles. The Balaban J connectivity index is 1.55. The standard InChI is InChI=1S/C23H23NO6S/c1-3-20(24-31(27,28)16-10-7-14(2)8-11-16)23(26)29-15-9-12-18-17-5-4-6-19(17)22(25)30-21(18)13-15/h7-13,20,24H,3-6H2,1-2H3. The topological polar surface area (TPSA) is 103 Å². The van der Waals surface area contributed by atoms with Crippen molar-refractivity contribution in [1.29, 1.82) is 0 Å². The van der Waals surface area contributed by atoms with Crippen LogP contribution in [0.4, 0.5) is 0 Å². The van der Waals surface area contributed by atoms with E-state index >= 15 is 0 Å². The molecule has 0 saturated heterocycles. The lowest BCUT2D eigenvalue weighted by atomic mass is 10.1. The Morgan fingerprint density at radius 3 is 2.55 bits per heavy atom. The van der Waals surface area contributed by atoms with Gasteiger partial charge < -0.3 is 9.15 Å². The van der Waals surface area contributed by atoms with E-state index in [9.17, 15) is 18.0 Å². The van der Waals surface area contributed by atoms with Gasteiger partial charge in [0.25, 0.3) is 0 Å². The van der Waals surface area contributed by atoms with Gasteiger partial charge in [-0.1, -0.05) is 24.6 Å². The van der Waals surface area contributed by atoms with Gasteiger partial charge in [-0.2, -0.15) is 4.72 Å². The van der Waals surface area contributed by atoms with E-state index in [-0.39, 0.29) is 22.7 Å². The molecule has 0 spiro atoms. The van der Waals surface area contributed by atoms with Crippen LogP contribution in [0.2, 0.25) is 0 Å². The minimum Gasteiger partial charge on any atom is -0.425 e. The summed E-state index contributed by atoms with van der Waals surface area (Å²) < 4.78 is 38.5. The second-order valence-corrected chi connectivity index (χ2v) is 9.39. The molecule has 1 unspecified atom stereocenters. The van der Waals surface area contributed by atoms with Gasteiger partial charge in [-0.25, -0.2) is 18.0 Å². The quantitative estimate of drug-likeness (QED) is 0.358. The highest BCUT2D eigenvalue weighted by Crippen LogP contribution is 2.29. The van der Waals surface area contributed by atoms with Gasteiger partial charge in [-0.15, -0.1) is 0 Å². The number of rotatable bonds is 6. The Morgan fingerprint density at radius 2 is 1.84 bits per heavy atom. The fraction of sp³-hybridized carbons (Fsp3) is 0.304. The predicted octanol–water partition coefficient (Wildman–Crippen LogP) is 3.25. The van der Waals surface area contributed by atoms with E-state index in [1.165, 1.54) is 18.2 Å². The van der Waals surface area contributed by atoms with Crippen LogP contribution in [0.25, 0.3) is 11.0 Å². The van der Waals surface area contributed by atoms with Crippen LogP contribution in [0.1, 0.15) is 36.5 Å². The molecule has 7 nitrogen and oxygen atoms in total. The lowest BCUT2D eigenvalue weighted by molar-refractivity contribution is -0.136. The molecule has 0 fully saturated rings. The molecule has 0 radical (unpaired) electrons. The van der Waals surface area contributed by atoms with E-state index in [4.69, 9.17) is 9.15 Å². The number of esters is 1. The van der Waals surface area contributed by atoms with Crippen molar-refractivity contribution in [3.8, 4) is 5.75 Å². The number of hydrogen-bond donors (Lipinski definition) is 1. The number of aryl methyl sites for hydroxylation is 2. The average Bonchev–Trinajstić information content (AvgIpc) is 3.23. The molecule has 0 aliphatic heterocycles. The van der Waals surface area contributed by atoms with E-state index in [2.05, 4.69) is 4.72 Å². The molecule has 1 N–H and O–H groups in total. The Bertz CT molecular complexity index is 1310. The van der Waals surface area contributed by atoms with Gasteiger partial charge in [-0.3, -0.25) is 0 Å². The van der Waals surface area contributed by atoms with Crippen LogP contribution < -0.4 is 15.1 Å². The van der Waals surface area contributed by atoms with Crippen molar-refractivity contribution >= 4 is 27.0 Å². The van der Waals surface area contributed by atoms with Crippen LogP contribution in [0, 0.1) is 6.92 Å². The monoisotopic (exact) mass is 441 g/mol. The molecule has 2 aromatic carbocycles. The minimum absolute atomic E-state index is 0.0747. The number of hydrogen-bond acceptors (Lipinski definition) is 6. The van der Waals surface area contributed by atoms with Crippen LogP contribution in [0.3, 0.4) is 0 Å². The number of carbonyl (C=O) groups is 1. The van der Waals surface area contributed by atoms with Crippen molar-refractivity contribution < 1.29 is 22.4 Å². The zero-order valence-electron chi connectivity index (χ0n) is 17.3. The highest BCUT2D eigenvalue weighted by atomic mass is 32.2. The number of ether oxygens (including phenoxy) is 1. The molecule has 31 heavy (non-hydrogen) atoms. The van der Waals surface area contributed by atoms with Crippen molar-refractivity contribution in [3.05, 3.63) is 69.6 Å². The van der Waals surface area contributed by atoms with Gasteiger partial charge in [0.2, 0.25) is 10.0 Å². The first-order chi connectivity index (χ1) is 14.8. The third kappa shape index (κ3) is 4.26. The summed E-state index contributed by atoms with van der Waals surface area (Å²) in [6.07, 6.45) is 2.65. The van der Waals surface area contributed by atoms with Gasteiger partial charge in [0.05, 0.1) is 4.90 Å². The van der Waals surface area contributed by atoms with Crippen LogP contribution in [-0.2, 0) is 27.7 Å². The lowest BCUT2D eigenvalue weighted by Crippen LogP contribution is -2.42. The van der Waals surface area contributed by atoms with Crippen molar-refractivity contribution in [2.75, 3.05) is 0 Å². The Kier molecular flexibility index (Phi) is 5.68. The smallest absolute Gasteiger partial charge is 0.339 e. The molecule has 3 aromatic rings. The summed E-state index contributed by atoms with van der Waals surface area (Å²) >= 11 is 0. The molecule has 162 valence electrons. The van der Waals surface area contributed by atoms with Crippen LogP contribution >= 0.6 is 0 Å². The second-order valence-electron chi connectivity index (χ2n) is 7.67. The van der Waals surface area contributed by atoms with Crippen LogP contribution in [0.5, 0.6) is 5.75 Å². The van der Waals surface area contributed by atoms with Crippen molar-refractivity contribution in [3.63, 3.8) is 0 Å². The van der Waals surface area contributed by atoms with E-state index < -0.39 is 22.0 Å². The second kappa shape index (κ2) is 8.28. The summed E-state index contributed by atoms with van der Waals surface area (Å²) in [7, 11) is -3.88. The summed E-state index contributed by atoms with van der Waals surface area (Å²) in [4.78, 5) is 24.9. The fourth-order valence-corrected chi connectivity index (χ4v) is 5.05. The molecule has 0 bridgehead atoms. The highest BCUT2D eigenvalue weighted by Gasteiger charge is 2.26. The summed E-state index contributed by atoms with van der Waals surface area (Å²) in [6.45, 7) is 3.54. The van der Waals surface area contributed by atoms with Gasteiger partial charge in [-0.05, 0) is 62.4 Å². The molecule has 0 amide bonds. The Labute approximate surface area is 180 Å². The van der Waals surface area contributed by atoms with E-state index in [1.54, 1.807) is 31.2 Å². The molecule has 8 heteroatoms. The first-order valence-electron chi connectivity index (χ1n) is 10.2. The summed E-state index contributed by atoms with van der Waals surface area (Å²) in [6, 6.07) is 10.2. The van der Waals surface area contributed by atoms with E-state index in [0.717, 1.165) is 29.4 Å². The molecule has 1 aliphatic carbocycles. The molecule has 4 rings (SSSR count). The number of sulfonamides is 1. The predicted molar refractivity (Wildman–Crippen MR) is 116 cm³/mol. The molecular weight excluding hydrogens is 418 g/mol. The summed E-state index contributed by atoms with van der Waals surface area (Å²) in [5.74, 6) is -0.548. The van der Waals surface area contributed by atoms with Crippen molar-refractivity contribution in [1.82, 2.24) is 4.72 Å². The first-order valence-corrected chi connectivity index (χ1v) is 11.7. The van der Waals surface area contributed by atoms with E-state index in [0.29, 0.717) is 17.6 Å². The average molecular weight is 442 g/mol. The largest absolute Gasteiger partial charge is 0.425 e. The maximum absolute atomic E-state index is 12.7. The summed E-state index contributed by atoms with van der Waals surface area (Å²) in [5, 5.41) is 0.832. The number of carbonyl (C=O) groups excluding carboxylic acids is 1. The van der Waals surface area contributed by atoms with Crippen molar-refractivity contribution in [2.45, 2.75) is 50.5 Å². The molecule has 1 aliphatic rings. The lowest BCUT2D eigenvalue weighted by Gasteiger charge is -2.16. The SMILES string of the molecule is CCC(NS(=O)(=O)c1ccc(C)cc1)C(=O)Oc1ccc2c3c(c(=O)oc2c1)CCC3. The molecule has 1 aromatic heterocycles. The molecule has 1 atom stereocenters. The summed E-state index contributed by atoms with van der Waals surface area (Å²) in [5.41, 5.74) is 2.62. The van der Waals surface area contributed by atoms with E-state index in [1.807, 2.05) is 6.92 Å². The number of benzene rings is 2. The Hall–Kier alpha value is -2.97. The zero-order chi connectivity index (χ0) is 22.2. The van der Waals surface area contributed by atoms with Gasteiger partial charge in [0.1, 0.15) is 17.4 Å². The Morgan fingerprint density at radius 1 is 1.13 bits per heavy atom. The van der Waals surface area contributed by atoms with Crippen LogP contribution in [-0.4, -0.2) is 20.4 Å². The number of fused-ring (bicyclic) bond motifs is 3. The normalized spacial score (nSPS) is 14.4. The maximum atomic E-state index is 12.7. The van der Waals surface area contributed by atoms with Crippen LogP contribution in [0.15, 0.2) is 56.6 Å². The zero-order valence-corrected chi connectivity index (χ0v) is 18.1. The maximum Gasteiger partial charge on any atom is 0.339 e. The van der Waals surface area contributed by atoms with Gasteiger partial charge in [0.15, 0.2) is 0 Å². The van der Waals surface area contributed by atoms with Crippen molar-refractivity contribution in [2.24, 2.45) is 0 Å². The third-order valence-electron chi connectivity index (χ3n) is 5.48. The van der Waals surface area contributed by atoms with Gasteiger partial charge >= 0.3 is 11.6 Å². The minimum atomic E-state index is -3.88. The molecule has 0 saturated carbocycles.